The molecule has 1 aliphatic carbocycles. The highest BCUT2D eigenvalue weighted by atomic mass is 16.6. The van der Waals surface area contributed by atoms with E-state index < -0.39 is 4.92 Å². The number of aromatic nitrogens is 1. The number of hydrogen-bond acceptors (Lipinski definition) is 5. The summed E-state index contributed by atoms with van der Waals surface area (Å²) in [4.78, 5) is 14.4. The number of pyridine rings is 1. The summed E-state index contributed by atoms with van der Waals surface area (Å²) in [6.07, 6.45) is 3.58. The first-order valence-corrected chi connectivity index (χ1v) is 6.21. The van der Waals surface area contributed by atoms with E-state index in [2.05, 4.69) is 17.2 Å². The third kappa shape index (κ3) is 2.88. The molecular weight excluding hydrogens is 232 g/mol. The average Bonchev–Trinajstić information content (AvgIpc) is 2.72. The first-order chi connectivity index (χ1) is 8.56. The van der Waals surface area contributed by atoms with E-state index in [1.807, 2.05) is 0 Å². The predicted molar refractivity (Wildman–Crippen MR) is 70.3 cm³/mol. The van der Waals surface area contributed by atoms with Gasteiger partial charge in [0.2, 0.25) is 5.82 Å². The monoisotopic (exact) mass is 250 g/mol. The van der Waals surface area contributed by atoms with Gasteiger partial charge < -0.3 is 11.1 Å². The number of nitrogens with one attached hydrogen (secondary N) is 1. The number of nitrogens with zero attached hydrogens (tertiary/aromatic N) is 2. The molecular formula is C12H18N4O2. The van der Waals surface area contributed by atoms with E-state index in [9.17, 15) is 10.1 Å². The summed E-state index contributed by atoms with van der Waals surface area (Å²) < 4.78 is 0. The van der Waals surface area contributed by atoms with Crippen LogP contribution in [0.1, 0.15) is 26.2 Å². The number of rotatable bonds is 4. The normalized spacial score (nSPS) is 22.9. The Morgan fingerprint density at radius 1 is 1.56 bits per heavy atom. The largest absolute Gasteiger partial charge is 0.384 e. The third-order valence-corrected chi connectivity index (χ3v) is 3.45. The van der Waals surface area contributed by atoms with Crippen molar-refractivity contribution < 1.29 is 4.92 Å². The van der Waals surface area contributed by atoms with Crippen LogP contribution in [0.4, 0.5) is 17.3 Å². The molecule has 6 nitrogen and oxygen atoms in total. The van der Waals surface area contributed by atoms with Crippen LogP contribution in [-0.2, 0) is 0 Å². The molecule has 0 radical (unpaired) electrons. The molecule has 1 aliphatic rings. The second kappa shape index (κ2) is 5.20. The summed E-state index contributed by atoms with van der Waals surface area (Å²) in [5.74, 6) is 1.89. The van der Waals surface area contributed by atoms with Crippen LogP contribution < -0.4 is 11.1 Å². The fourth-order valence-corrected chi connectivity index (χ4v) is 2.50. The highest BCUT2D eigenvalue weighted by molar-refractivity contribution is 5.59. The molecule has 2 unspecified atom stereocenters. The van der Waals surface area contributed by atoms with Gasteiger partial charge in [-0.1, -0.05) is 13.3 Å². The smallest absolute Gasteiger partial charge is 0.311 e. The van der Waals surface area contributed by atoms with Gasteiger partial charge in [0.25, 0.3) is 0 Å². The maximum atomic E-state index is 10.9. The Balaban J connectivity index is 2.04. The van der Waals surface area contributed by atoms with Crippen molar-refractivity contribution in [2.45, 2.75) is 26.2 Å². The SMILES string of the molecule is CC1CCC(CNc2nc(N)ccc2[N+](=O)[O-])C1. The third-order valence-electron chi connectivity index (χ3n) is 3.45. The molecule has 98 valence electrons. The minimum atomic E-state index is -0.438. The van der Waals surface area contributed by atoms with E-state index in [1.54, 1.807) is 0 Å². The van der Waals surface area contributed by atoms with Crippen LogP contribution in [-0.4, -0.2) is 16.5 Å². The lowest BCUT2D eigenvalue weighted by Crippen LogP contribution is -2.14. The summed E-state index contributed by atoms with van der Waals surface area (Å²) >= 11 is 0. The molecule has 0 aliphatic heterocycles. The van der Waals surface area contributed by atoms with Crippen LogP contribution in [0.5, 0.6) is 0 Å². The van der Waals surface area contributed by atoms with Crippen molar-refractivity contribution in [3.8, 4) is 0 Å². The van der Waals surface area contributed by atoms with E-state index in [-0.39, 0.29) is 11.5 Å². The molecule has 0 bridgehead atoms. The van der Waals surface area contributed by atoms with Gasteiger partial charge in [-0.2, -0.15) is 0 Å². The van der Waals surface area contributed by atoms with Crippen LogP contribution >= 0.6 is 0 Å². The number of nitro groups is 1. The topological polar surface area (TPSA) is 94.1 Å². The minimum absolute atomic E-state index is 0.0183. The lowest BCUT2D eigenvalue weighted by atomic mass is 10.1. The molecule has 0 saturated heterocycles. The van der Waals surface area contributed by atoms with Crippen LogP contribution in [0.25, 0.3) is 0 Å². The summed E-state index contributed by atoms with van der Waals surface area (Å²) in [7, 11) is 0. The fourth-order valence-electron chi connectivity index (χ4n) is 2.50. The van der Waals surface area contributed by atoms with Crippen molar-refractivity contribution >= 4 is 17.3 Å². The maximum Gasteiger partial charge on any atom is 0.311 e. The number of nitrogen functional groups attached to an aromatic ring is 1. The van der Waals surface area contributed by atoms with Gasteiger partial charge in [0, 0.05) is 12.6 Å². The highest BCUT2D eigenvalue weighted by Crippen LogP contribution is 2.31. The summed E-state index contributed by atoms with van der Waals surface area (Å²) in [5.41, 5.74) is 5.54. The van der Waals surface area contributed by atoms with Gasteiger partial charge in [0.15, 0.2) is 0 Å². The van der Waals surface area contributed by atoms with Crippen molar-refractivity contribution in [1.82, 2.24) is 4.98 Å². The quantitative estimate of drug-likeness (QED) is 0.632. The van der Waals surface area contributed by atoms with Gasteiger partial charge in [0.05, 0.1) is 4.92 Å². The van der Waals surface area contributed by atoms with Crippen LogP contribution in [0.2, 0.25) is 0 Å². The van der Waals surface area contributed by atoms with E-state index >= 15 is 0 Å². The van der Waals surface area contributed by atoms with Gasteiger partial charge in [-0.3, -0.25) is 10.1 Å². The lowest BCUT2D eigenvalue weighted by Gasteiger charge is -2.11. The second-order valence-electron chi connectivity index (χ2n) is 5.03. The number of anilines is 2. The van der Waals surface area contributed by atoms with Crippen molar-refractivity contribution in [1.29, 1.82) is 0 Å². The molecule has 1 fully saturated rings. The molecule has 1 aromatic rings. The van der Waals surface area contributed by atoms with Gasteiger partial charge in [-0.25, -0.2) is 4.98 Å². The Kier molecular flexibility index (Phi) is 3.64. The zero-order chi connectivity index (χ0) is 13.1. The summed E-state index contributed by atoms with van der Waals surface area (Å²) in [5, 5.41) is 13.9. The van der Waals surface area contributed by atoms with E-state index in [1.165, 1.54) is 31.4 Å². The van der Waals surface area contributed by atoms with Gasteiger partial charge in [-0.15, -0.1) is 0 Å². The molecule has 2 atom stereocenters. The molecule has 0 amide bonds. The van der Waals surface area contributed by atoms with Crippen molar-refractivity contribution in [2.24, 2.45) is 11.8 Å². The molecule has 1 saturated carbocycles. The maximum absolute atomic E-state index is 10.9. The van der Waals surface area contributed by atoms with E-state index in [4.69, 9.17) is 5.73 Å². The van der Waals surface area contributed by atoms with Gasteiger partial charge in [0.1, 0.15) is 5.82 Å². The number of hydrogen-bond donors (Lipinski definition) is 2. The Bertz CT molecular complexity index is 450. The van der Waals surface area contributed by atoms with Crippen molar-refractivity contribution in [2.75, 3.05) is 17.6 Å². The average molecular weight is 250 g/mol. The highest BCUT2D eigenvalue weighted by Gasteiger charge is 2.22. The first-order valence-electron chi connectivity index (χ1n) is 6.21. The van der Waals surface area contributed by atoms with Crippen molar-refractivity contribution in [3.63, 3.8) is 0 Å². The van der Waals surface area contributed by atoms with Gasteiger partial charge in [-0.05, 0) is 30.7 Å². The van der Waals surface area contributed by atoms with E-state index in [0.717, 1.165) is 12.5 Å². The molecule has 6 heteroatoms. The fraction of sp³-hybridized carbons (Fsp3) is 0.583. The van der Waals surface area contributed by atoms with Gasteiger partial charge >= 0.3 is 5.69 Å². The lowest BCUT2D eigenvalue weighted by molar-refractivity contribution is -0.384. The van der Waals surface area contributed by atoms with E-state index in [0.29, 0.717) is 11.7 Å². The summed E-state index contributed by atoms with van der Waals surface area (Å²) in [6.45, 7) is 2.96. The zero-order valence-corrected chi connectivity index (χ0v) is 10.4. The zero-order valence-electron chi connectivity index (χ0n) is 10.4. The predicted octanol–water partition coefficient (Wildman–Crippen LogP) is 2.42. The molecule has 3 N–H and O–H groups in total. The van der Waals surface area contributed by atoms with Crippen LogP contribution in [0.15, 0.2) is 12.1 Å². The molecule has 1 heterocycles. The molecule has 2 rings (SSSR count). The Morgan fingerprint density at radius 2 is 2.33 bits per heavy atom. The number of nitrogens with two attached hydrogens (primary N) is 1. The minimum Gasteiger partial charge on any atom is -0.384 e. The van der Waals surface area contributed by atoms with Crippen molar-refractivity contribution in [3.05, 3.63) is 22.2 Å². The molecule has 18 heavy (non-hydrogen) atoms. The molecule has 1 aromatic heterocycles. The first kappa shape index (κ1) is 12.6. The molecule has 0 spiro atoms. The van der Waals surface area contributed by atoms with Crippen LogP contribution in [0, 0.1) is 22.0 Å². The second-order valence-corrected chi connectivity index (χ2v) is 5.03. The standard InChI is InChI=1S/C12H18N4O2/c1-8-2-3-9(6-8)7-14-12-10(16(17)18)4-5-11(13)15-12/h4-5,8-9H,2-3,6-7H2,1H3,(H3,13,14,15). The Morgan fingerprint density at radius 3 is 2.94 bits per heavy atom. The summed E-state index contributed by atoms with van der Waals surface area (Å²) in [6, 6.07) is 2.84. The Labute approximate surface area is 106 Å². The van der Waals surface area contributed by atoms with Crippen LogP contribution in [0.3, 0.4) is 0 Å². The molecule has 0 aromatic carbocycles. The Hall–Kier alpha value is -1.85.